The summed E-state index contributed by atoms with van der Waals surface area (Å²) in [5.41, 5.74) is 3.41. The number of benzene rings is 1. The molecule has 106 valence electrons. The van der Waals surface area contributed by atoms with Crippen molar-refractivity contribution < 1.29 is 4.79 Å². The summed E-state index contributed by atoms with van der Waals surface area (Å²) in [4.78, 5) is 12.9. The number of aryl methyl sites for hydroxylation is 2. The number of halogens is 1. The Bertz CT molecular complexity index is 667. The highest BCUT2D eigenvalue weighted by atomic mass is 35.5. The number of carbonyl (C=O) groups is 1. The summed E-state index contributed by atoms with van der Waals surface area (Å²) in [6, 6.07) is 5.07. The van der Waals surface area contributed by atoms with Crippen molar-refractivity contribution in [2.24, 2.45) is 7.05 Å². The van der Waals surface area contributed by atoms with Crippen LogP contribution in [0.1, 0.15) is 27.3 Å². The van der Waals surface area contributed by atoms with E-state index < -0.39 is 0 Å². The molecule has 0 radical (unpaired) electrons. The van der Waals surface area contributed by atoms with Crippen LogP contribution in [0.3, 0.4) is 0 Å². The largest absolute Gasteiger partial charge is 0.348 e. The minimum atomic E-state index is -0.214. The Morgan fingerprint density at radius 2 is 2.15 bits per heavy atom. The van der Waals surface area contributed by atoms with Crippen LogP contribution in [0.15, 0.2) is 23.1 Å². The minimum Gasteiger partial charge on any atom is -0.348 e. The number of carbonyl (C=O) groups excluding carboxylic acids is 1. The third-order valence-corrected chi connectivity index (χ3v) is 3.89. The van der Waals surface area contributed by atoms with Gasteiger partial charge in [-0.3, -0.25) is 9.48 Å². The van der Waals surface area contributed by atoms with E-state index in [9.17, 15) is 4.79 Å². The Morgan fingerprint density at radius 1 is 1.45 bits per heavy atom. The molecule has 0 saturated heterocycles. The van der Waals surface area contributed by atoms with E-state index in [1.807, 2.05) is 20.9 Å². The molecule has 1 aromatic carbocycles. The van der Waals surface area contributed by atoms with Crippen molar-refractivity contribution in [1.29, 1.82) is 0 Å². The molecule has 1 N–H and O–H groups in total. The molecular formula is C14H16ClN3OS. The van der Waals surface area contributed by atoms with Crippen LogP contribution < -0.4 is 5.32 Å². The van der Waals surface area contributed by atoms with Crippen molar-refractivity contribution in [2.75, 3.05) is 0 Å². The molecule has 20 heavy (non-hydrogen) atoms. The van der Waals surface area contributed by atoms with Gasteiger partial charge in [-0.2, -0.15) is 5.10 Å². The van der Waals surface area contributed by atoms with Gasteiger partial charge in [0.05, 0.1) is 16.3 Å². The predicted molar refractivity (Wildman–Crippen MR) is 82.6 cm³/mol. The van der Waals surface area contributed by atoms with Gasteiger partial charge in [-0.25, -0.2) is 0 Å². The van der Waals surface area contributed by atoms with Crippen LogP contribution in [0, 0.1) is 13.8 Å². The molecule has 0 aliphatic carbocycles. The molecule has 0 bridgehead atoms. The molecule has 0 spiro atoms. The number of hydrogen-bond donors (Lipinski definition) is 2. The molecule has 2 rings (SSSR count). The molecule has 6 heteroatoms. The molecule has 0 aliphatic rings. The van der Waals surface area contributed by atoms with Crippen LogP contribution in [0.2, 0.25) is 5.02 Å². The Balaban J connectivity index is 2.15. The first-order valence-electron chi connectivity index (χ1n) is 6.16. The van der Waals surface area contributed by atoms with E-state index >= 15 is 0 Å². The first-order valence-corrected chi connectivity index (χ1v) is 6.98. The highest BCUT2D eigenvalue weighted by Gasteiger charge is 2.13. The molecule has 4 nitrogen and oxygen atoms in total. The van der Waals surface area contributed by atoms with Crippen molar-refractivity contribution in [3.8, 4) is 0 Å². The average Bonchev–Trinajstić information content (AvgIpc) is 2.64. The van der Waals surface area contributed by atoms with Crippen LogP contribution in [0.25, 0.3) is 0 Å². The van der Waals surface area contributed by atoms with E-state index in [1.165, 1.54) is 0 Å². The maximum atomic E-state index is 12.2. The monoisotopic (exact) mass is 309 g/mol. The van der Waals surface area contributed by atoms with Gasteiger partial charge in [0.2, 0.25) is 0 Å². The second-order valence-corrected chi connectivity index (χ2v) is 5.54. The third kappa shape index (κ3) is 2.99. The van der Waals surface area contributed by atoms with E-state index in [-0.39, 0.29) is 5.91 Å². The van der Waals surface area contributed by atoms with E-state index in [0.29, 0.717) is 22.0 Å². The topological polar surface area (TPSA) is 46.9 Å². The number of amides is 1. The third-order valence-electron chi connectivity index (χ3n) is 3.28. The highest BCUT2D eigenvalue weighted by molar-refractivity contribution is 7.80. The maximum absolute atomic E-state index is 12.2. The molecule has 0 aliphatic heterocycles. The van der Waals surface area contributed by atoms with Crippen molar-refractivity contribution in [3.63, 3.8) is 0 Å². The quantitative estimate of drug-likeness (QED) is 0.856. The fourth-order valence-corrected chi connectivity index (χ4v) is 2.43. The van der Waals surface area contributed by atoms with Gasteiger partial charge < -0.3 is 5.32 Å². The zero-order valence-corrected chi connectivity index (χ0v) is 13.2. The van der Waals surface area contributed by atoms with Crippen molar-refractivity contribution in [3.05, 3.63) is 45.7 Å². The van der Waals surface area contributed by atoms with Gasteiger partial charge in [0.1, 0.15) is 0 Å². The fourth-order valence-electron chi connectivity index (χ4n) is 2.02. The molecule has 0 fully saturated rings. The molecule has 1 amide bonds. The summed E-state index contributed by atoms with van der Waals surface area (Å²) in [6.45, 7) is 4.33. The van der Waals surface area contributed by atoms with Crippen molar-refractivity contribution in [2.45, 2.75) is 25.3 Å². The first-order chi connectivity index (χ1) is 9.40. The lowest BCUT2D eigenvalue weighted by Crippen LogP contribution is -2.23. The Morgan fingerprint density at radius 3 is 2.75 bits per heavy atom. The molecule has 0 atom stereocenters. The van der Waals surface area contributed by atoms with Crippen LogP contribution in [-0.2, 0) is 13.6 Å². The average molecular weight is 310 g/mol. The Labute approximate surface area is 128 Å². The van der Waals surface area contributed by atoms with Crippen LogP contribution in [0.5, 0.6) is 0 Å². The summed E-state index contributed by atoms with van der Waals surface area (Å²) >= 11 is 10.2. The normalized spacial score (nSPS) is 10.7. The number of aromatic nitrogens is 2. The molecule has 1 aromatic heterocycles. The zero-order valence-electron chi connectivity index (χ0n) is 11.6. The van der Waals surface area contributed by atoms with Crippen molar-refractivity contribution >= 4 is 30.1 Å². The zero-order chi connectivity index (χ0) is 14.9. The molecule has 1 heterocycles. The van der Waals surface area contributed by atoms with Gasteiger partial charge in [-0.1, -0.05) is 11.6 Å². The van der Waals surface area contributed by atoms with E-state index in [1.54, 1.807) is 22.9 Å². The van der Waals surface area contributed by atoms with Gasteiger partial charge in [0.15, 0.2) is 0 Å². The lowest BCUT2D eigenvalue weighted by molar-refractivity contribution is 0.0951. The number of rotatable bonds is 3. The standard InChI is InChI=1S/C14H16ClN3OS/c1-8-12(9(2)18(3)17-8)7-16-14(19)11-6-10(20)4-5-13(11)15/h4-6,20H,7H2,1-3H3,(H,16,19). The van der Waals surface area contributed by atoms with Crippen LogP contribution in [0.4, 0.5) is 0 Å². The Kier molecular flexibility index (Phi) is 4.40. The second-order valence-electron chi connectivity index (χ2n) is 4.62. The van der Waals surface area contributed by atoms with E-state index in [0.717, 1.165) is 17.0 Å². The first kappa shape index (κ1) is 14.9. The van der Waals surface area contributed by atoms with Crippen molar-refractivity contribution in [1.82, 2.24) is 15.1 Å². The minimum absolute atomic E-state index is 0.214. The number of thiol groups is 1. The Hall–Kier alpha value is -1.46. The summed E-state index contributed by atoms with van der Waals surface area (Å²) in [7, 11) is 1.88. The van der Waals surface area contributed by atoms with Crippen LogP contribution >= 0.6 is 24.2 Å². The highest BCUT2D eigenvalue weighted by Crippen LogP contribution is 2.20. The van der Waals surface area contributed by atoms with Gasteiger partial charge >= 0.3 is 0 Å². The van der Waals surface area contributed by atoms with Gasteiger partial charge in [-0.15, -0.1) is 12.6 Å². The molecule has 0 saturated carbocycles. The van der Waals surface area contributed by atoms with Gasteiger partial charge in [0, 0.05) is 29.7 Å². The summed E-state index contributed by atoms with van der Waals surface area (Å²) in [5, 5.41) is 7.60. The maximum Gasteiger partial charge on any atom is 0.253 e. The summed E-state index contributed by atoms with van der Waals surface area (Å²) < 4.78 is 1.80. The van der Waals surface area contributed by atoms with Gasteiger partial charge in [0.25, 0.3) is 5.91 Å². The predicted octanol–water partition coefficient (Wildman–Crippen LogP) is 2.91. The molecular weight excluding hydrogens is 294 g/mol. The second kappa shape index (κ2) is 5.89. The number of nitrogens with one attached hydrogen (secondary N) is 1. The molecule has 2 aromatic rings. The fraction of sp³-hybridized carbons (Fsp3) is 0.286. The van der Waals surface area contributed by atoms with E-state index in [2.05, 4.69) is 23.0 Å². The summed E-state index contributed by atoms with van der Waals surface area (Å²) in [6.07, 6.45) is 0. The van der Waals surface area contributed by atoms with Crippen LogP contribution in [-0.4, -0.2) is 15.7 Å². The molecule has 0 unspecified atom stereocenters. The lowest BCUT2D eigenvalue weighted by Gasteiger charge is -2.08. The van der Waals surface area contributed by atoms with Gasteiger partial charge in [-0.05, 0) is 32.0 Å². The smallest absolute Gasteiger partial charge is 0.253 e. The SMILES string of the molecule is Cc1nn(C)c(C)c1CNC(=O)c1cc(S)ccc1Cl. The lowest BCUT2D eigenvalue weighted by atomic mass is 10.1. The van der Waals surface area contributed by atoms with E-state index in [4.69, 9.17) is 11.6 Å². The summed E-state index contributed by atoms with van der Waals surface area (Å²) in [5.74, 6) is -0.214. The number of nitrogens with zero attached hydrogens (tertiary/aromatic N) is 2. The number of hydrogen-bond acceptors (Lipinski definition) is 3.